The lowest BCUT2D eigenvalue weighted by atomic mass is 9.83. The van der Waals surface area contributed by atoms with Gasteiger partial charge >= 0.3 is 0 Å². The number of hydrogen-bond donors (Lipinski definition) is 1. The van der Waals surface area contributed by atoms with Gasteiger partial charge in [0, 0.05) is 11.6 Å². The van der Waals surface area contributed by atoms with Gasteiger partial charge in [-0.05, 0) is 25.3 Å². The molecule has 2 rings (SSSR count). The molecule has 17 heavy (non-hydrogen) atoms. The molecule has 3 heteroatoms. The van der Waals surface area contributed by atoms with Gasteiger partial charge in [-0.1, -0.05) is 31.4 Å². The summed E-state index contributed by atoms with van der Waals surface area (Å²) in [7, 11) is 0. The van der Waals surface area contributed by atoms with Crippen LogP contribution in [-0.4, -0.2) is 6.61 Å². The third-order valence-electron chi connectivity index (χ3n) is 3.49. The second-order valence-electron chi connectivity index (χ2n) is 4.88. The molecule has 1 aromatic rings. The minimum atomic E-state index is -0.312. The molecule has 1 aromatic carbocycles. The molecule has 0 aliphatic heterocycles. The Morgan fingerprint density at radius 1 is 1.47 bits per heavy atom. The molecule has 1 atom stereocenters. The standard InChI is InChI=1S/C14H20FNO/c1-10(16)12-6-3-7-13(15)14(12)17-9-8-11-4-2-5-11/h3,6-7,10-11H,2,4-5,8-9,16H2,1H3/t10-/m0/s1. The fraction of sp³-hybridized carbons (Fsp3) is 0.571. The predicted octanol–water partition coefficient (Wildman–Crippen LogP) is 3.41. The van der Waals surface area contributed by atoms with E-state index >= 15 is 0 Å². The first-order valence-electron chi connectivity index (χ1n) is 6.35. The molecule has 0 radical (unpaired) electrons. The van der Waals surface area contributed by atoms with Crippen molar-refractivity contribution in [1.82, 2.24) is 0 Å². The molecule has 0 bridgehead atoms. The third-order valence-corrected chi connectivity index (χ3v) is 3.49. The molecule has 2 nitrogen and oxygen atoms in total. The van der Waals surface area contributed by atoms with Gasteiger partial charge in [-0.25, -0.2) is 4.39 Å². The van der Waals surface area contributed by atoms with Crippen molar-refractivity contribution in [2.45, 2.75) is 38.6 Å². The Balaban J connectivity index is 1.97. The Kier molecular flexibility index (Phi) is 4.00. The van der Waals surface area contributed by atoms with E-state index < -0.39 is 0 Å². The summed E-state index contributed by atoms with van der Waals surface area (Å²) < 4.78 is 19.2. The van der Waals surface area contributed by atoms with Gasteiger partial charge in [0.15, 0.2) is 11.6 Å². The number of hydrogen-bond acceptors (Lipinski definition) is 2. The zero-order valence-corrected chi connectivity index (χ0v) is 10.3. The molecule has 0 amide bonds. The molecule has 0 aromatic heterocycles. The second-order valence-corrected chi connectivity index (χ2v) is 4.88. The van der Waals surface area contributed by atoms with Crippen molar-refractivity contribution in [3.63, 3.8) is 0 Å². The lowest BCUT2D eigenvalue weighted by Gasteiger charge is -2.25. The number of halogens is 1. The molecule has 94 valence electrons. The highest BCUT2D eigenvalue weighted by Gasteiger charge is 2.18. The fourth-order valence-electron chi connectivity index (χ4n) is 2.15. The lowest BCUT2D eigenvalue weighted by molar-refractivity contribution is 0.215. The van der Waals surface area contributed by atoms with E-state index in [0.717, 1.165) is 17.9 Å². The van der Waals surface area contributed by atoms with Gasteiger partial charge in [0.1, 0.15) is 0 Å². The number of rotatable bonds is 5. The largest absolute Gasteiger partial charge is 0.490 e. The lowest BCUT2D eigenvalue weighted by Crippen LogP contribution is -2.16. The first-order chi connectivity index (χ1) is 8.18. The maximum atomic E-state index is 13.7. The van der Waals surface area contributed by atoms with Crippen LogP contribution >= 0.6 is 0 Å². The highest BCUT2D eigenvalue weighted by Crippen LogP contribution is 2.31. The second kappa shape index (κ2) is 5.50. The van der Waals surface area contributed by atoms with E-state index in [2.05, 4.69) is 0 Å². The van der Waals surface area contributed by atoms with Gasteiger partial charge in [0.2, 0.25) is 0 Å². The Morgan fingerprint density at radius 2 is 2.24 bits per heavy atom. The summed E-state index contributed by atoms with van der Waals surface area (Å²) in [5.41, 5.74) is 6.55. The van der Waals surface area contributed by atoms with Crippen molar-refractivity contribution in [3.8, 4) is 5.75 Å². The quantitative estimate of drug-likeness (QED) is 0.851. The molecule has 0 heterocycles. The average Bonchev–Trinajstić information content (AvgIpc) is 2.23. The maximum absolute atomic E-state index is 13.7. The molecule has 0 spiro atoms. The summed E-state index contributed by atoms with van der Waals surface area (Å²) >= 11 is 0. The smallest absolute Gasteiger partial charge is 0.165 e. The number of benzene rings is 1. The Hall–Kier alpha value is -1.09. The maximum Gasteiger partial charge on any atom is 0.165 e. The molecule has 1 fully saturated rings. The highest BCUT2D eigenvalue weighted by atomic mass is 19.1. The van der Waals surface area contributed by atoms with E-state index in [4.69, 9.17) is 10.5 Å². The minimum Gasteiger partial charge on any atom is -0.490 e. The summed E-state index contributed by atoms with van der Waals surface area (Å²) in [6.07, 6.45) is 4.93. The van der Waals surface area contributed by atoms with Crippen molar-refractivity contribution < 1.29 is 9.13 Å². The molecule has 0 saturated heterocycles. The Labute approximate surface area is 102 Å². The summed E-state index contributed by atoms with van der Waals surface area (Å²) in [5.74, 6) is 0.802. The van der Waals surface area contributed by atoms with Crippen LogP contribution in [0.3, 0.4) is 0 Å². The number of ether oxygens (including phenoxy) is 1. The van der Waals surface area contributed by atoms with Gasteiger partial charge in [-0.3, -0.25) is 0 Å². The molecule has 1 saturated carbocycles. The van der Waals surface area contributed by atoms with Gasteiger partial charge in [-0.15, -0.1) is 0 Å². The summed E-state index contributed by atoms with van der Waals surface area (Å²) in [6, 6.07) is 4.72. The van der Waals surface area contributed by atoms with Crippen LogP contribution in [0.15, 0.2) is 18.2 Å². The van der Waals surface area contributed by atoms with E-state index in [-0.39, 0.29) is 11.9 Å². The van der Waals surface area contributed by atoms with Crippen LogP contribution in [0.5, 0.6) is 5.75 Å². The van der Waals surface area contributed by atoms with E-state index in [0.29, 0.717) is 12.4 Å². The SMILES string of the molecule is C[C@H](N)c1cccc(F)c1OCCC1CCC1. The molecule has 1 aliphatic carbocycles. The third kappa shape index (κ3) is 2.97. The van der Waals surface area contributed by atoms with E-state index in [1.807, 2.05) is 13.0 Å². The predicted molar refractivity (Wildman–Crippen MR) is 66.5 cm³/mol. The average molecular weight is 237 g/mol. The van der Waals surface area contributed by atoms with Crippen LogP contribution < -0.4 is 10.5 Å². The van der Waals surface area contributed by atoms with Crippen LogP contribution in [-0.2, 0) is 0 Å². The van der Waals surface area contributed by atoms with Gasteiger partial charge in [0.05, 0.1) is 6.61 Å². The van der Waals surface area contributed by atoms with E-state index in [1.165, 1.54) is 25.3 Å². The van der Waals surface area contributed by atoms with Gasteiger partial charge in [-0.2, -0.15) is 0 Å². The normalized spacial score (nSPS) is 17.6. The topological polar surface area (TPSA) is 35.2 Å². The summed E-state index contributed by atoms with van der Waals surface area (Å²) in [4.78, 5) is 0. The van der Waals surface area contributed by atoms with E-state index in [1.54, 1.807) is 6.07 Å². The van der Waals surface area contributed by atoms with Crippen LogP contribution in [0.2, 0.25) is 0 Å². The number of nitrogens with two attached hydrogens (primary N) is 1. The molecule has 2 N–H and O–H groups in total. The zero-order valence-electron chi connectivity index (χ0n) is 10.3. The van der Waals surface area contributed by atoms with Gasteiger partial charge in [0.25, 0.3) is 0 Å². The summed E-state index contributed by atoms with van der Waals surface area (Å²) in [5, 5.41) is 0. The zero-order chi connectivity index (χ0) is 12.3. The van der Waals surface area contributed by atoms with Crippen molar-refractivity contribution >= 4 is 0 Å². The van der Waals surface area contributed by atoms with Crippen molar-refractivity contribution in [2.75, 3.05) is 6.61 Å². The molecular weight excluding hydrogens is 217 g/mol. The molecular formula is C14H20FNO. The fourth-order valence-corrected chi connectivity index (χ4v) is 2.15. The first-order valence-corrected chi connectivity index (χ1v) is 6.35. The van der Waals surface area contributed by atoms with Crippen molar-refractivity contribution in [3.05, 3.63) is 29.6 Å². The van der Waals surface area contributed by atoms with Crippen LogP contribution in [0, 0.1) is 11.7 Å². The van der Waals surface area contributed by atoms with Crippen LogP contribution in [0.4, 0.5) is 4.39 Å². The summed E-state index contributed by atoms with van der Waals surface area (Å²) in [6.45, 7) is 2.43. The first kappa shape index (κ1) is 12.4. The van der Waals surface area contributed by atoms with Crippen molar-refractivity contribution in [2.24, 2.45) is 11.7 Å². The van der Waals surface area contributed by atoms with Crippen molar-refractivity contribution in [1.29, 1.82) is 0 Å². The number of para-hydroxylation sites is 1. The van der Waals surface area contributed by atoms with Crippen LogP contribution in [0.25, 0.3) is 0 Å². The molecule has 0 unspecified atom stereocenters. The van der Waals surface area contributed by atoms with Gasteiger partial charge < -0.3 is 10.5 Å². The van der Waals surface area contributed by atoms with E-state index in [9.17, 15) is 4.39 Å². The molecule has 1 aliphatic rings. The monoisotopic (exact) mass is 237 g/mol. The minimum absolute atomic E-state index is 0.204. The van der Waals surface area contributed by atoms with Crippen LogP contribution in [0.1, 0.15) is 44.2 Å². The Bertz CT molecular complexity index is 374. The highest BCUT2D eigenvalue weighted by molar-refractivity contribution is 5.36. The Morgan fingerprint density at radius 3 is 2.82 bits per heavy atom.